The molecule has 0 unspecified atom stereocenters. The van der Waals surface area contributed by atoms with Crippen molar-refractivity contribution in [3.05, 3.63) is 94.0 Å². The topological polar surface area (TPSA) is 84.9 Å². The van der Waals surface area contributed by atoms with Gasteiger partial charge in [0.1, 0.15) is 17.1 Å². The zero-order valence-corrected chi connectivity index (χ0v) is 18.5. The molecule has 7 nitrogen and oxygen atoms in total. The van der Waals surface area contributed by atoms with Crippen molar-refractivity contribution in [1.82, 2.24) is 5.43 Å². The number of anilines is 1. The fourth-order valence-corrected chi connectivity index (χ4v) is 3.46. The lowest BCUT2D eigenvalue weighted by molar-refractivity contribution is -0.117. The van der Waals surface area contributed by atoms with Gasteiger partial charge in [-0.15, -0.1) is 0 Å². The van der Waals surface area contributed by atoms with Gasteiger partial charge in [-0.05, 0) is 60.7 Å². The van der Waals surface area contributed by atoms with Gasteiger partial charge in [0, 0.05) is 10.0 Å². The molecule has 1 fully saturated rings. The normalized spacial score (nSPS) is 14.4. The van der Waals surface area contributed by atoms with Crippen molar-refractivity contribution >= 4 is 45.5 Å². The summed E-state index contributed by atoms with van der Waals surface area (Å²) in [5.74, 6) is -0.813. The maximum Gasteiger partial charge on any atom is 0.343 e. The molecule has 0 atom stereocenters. The van der Waals surface area contributed by atoms with E-state index in [-0.39, 0.29) is 11.3 Å². The molecule has 0 aliphatic carbocycles. The molecule has 160 valence electrons. The van der Waals surface area contributed by atoms with Gasteiger partial charge in [0.25, 0.3) is 11.8 Å². The van der Waals surface area contributed by atoms with Gasteiger partial charge < -0.3 is 9.47 Å². The first-order chi connectivity index (χ1) is 15.5. The Morgan fingerprint density at radius 3 is 2.41 bits per heavy atom. The zero-order chi connectivity index (χ0) is 22.7. The van der Waals surface area contributed by atoms with E-state index in [4.69, 9.17) is 9.47 Å². The number of ether oxygens (including phenoxy) is 2. The van der Waals surface area contributed by atoms with Crippen molar-refractivity contribution in [1.29, 1.82) is 0 Å². The van der Waals surface area contributed by atoms with Gasteiger partial charge in [-0.2, -0.15) is 0 Å². The minimum Gasteiger partial charge on any atom is -0.497 e. The van der Waals surface area contributed by atoms with E-state index >= 15 is 0 Å². The van der Waals surface area contributed by atoms with Crippen LogP contribution in [-0.2, 0) is 9.59 Å². The van der Waals surface area contributed by atoms with Crippen LogP contribution in [0.4, 0.5) is 5.69 Å². The summed E-state index contributed by atoms with van der Waals surface area (Å²) >= 11 is 3.37. The van der Waals surface area contributed by atoms with Crippen LogP contribution in [0, 0.1) is 0 Å². The molecule has 1 saturated heterocycles. The molecule has 0 spiro atoms. The SMILES string of the molecule is COc1ccc(C(=O)Oc2ccc(Br)cc2/C=C2\C(=O)NN(c3ccccc3)C2=O)cc1. The van der Waals surface area contributed by atoms with Gasteiger partial charge in [0.15, 0.2) is 0 Å². The van der Waals surface area contributed by atoms with E-state index in [9.17, 15) is 14.4 Å². The summed E-state index contributed by atoms with van der Waals surface area (Å²) in [7, 11) is 1.54. The third kappa shape index (κ3) is 4.40. The standard InChI is InChI=1S/C24H17BrN2O5/c1-31-19-10-7-15(8-11-19)24(30)32-21-12-9-17(25)13-16(21)14-20-22(28)26-27(23(20)29)18-5-3-2-4-6-18/h2-14H,1H3,(H,26,28)/b20-14+. The summed E-state index contributed by atoms with van der Waals surface area (Å²) in [4.78, 5) is 38.0. The molecule has 4 rings (SSSR count). The van der Waals surface area contributed by atoms with Crippen molar-refractivity contribution < 1.29 is 23.9 Å². The van der Waals surface area contributed by atoms with Crippen LogP contribution in [0.5, 0.6) is 11.5 Å². The molecule has 3 aromatic rings. The summed E-state index contributed by atoms with van der Waals surface area (Å²) < 4.78 is 11.3. The molecule has 32 heavy (non-hydrogen) atoms. The van der Waals surface area contributed by atoms with Crippen LogP contribution in [0.2, 0.25) is 0 Å². The third-order valence-electron chi connectivity index (χ3n) is 4.71. The first-order valence-electron chi connectivity index (χ1n) is 9.54. The lowest BCUT2D eigenvalue weighted by Crippen LogP contribution is -2.35. The molecule has 1 aliphatic heterocycles. The molecule has 3 aromatic carbocycles. The second-order valence-electron chi connectivity index (χ2n) is 6.78. The highest BCUT2D eigenvalue weighted by Gasteiger charge is 2.34. The summed E-state index contributed by atoms with van der Waals surface area (Å²) in [5.41, 5.74) is 3.74. The molecule has 0 aromatic heterocycles. The Balaban J connectivity index is 1.63. The predicted molar refractivity (Wildman–Crippen MR) is 122 cm³/mol. The molecule has 2 amide bonds. The number of benzene rings is 3. The third-order valence-corrected chi connectivity index (χ3v) is 5.20. The van der Waals surface area contributed by atoms with Crippen LogP contribution in [0.15, 0.2) is 82.8 Å². The minimum absolute atomic E-state index is 0.0753. The highest BCUT2D eigenvalue weighted by atomic mass is 79.9. The van der Waals surface area contributed by atoms with Crippen LogP contribution in [-0.4, -0.2) is 24.9 Å². The smallest absolute Gasteiger partial charge is 0.343 e. The largest absolute Gasteiger partial charge is 0.497 e. The van der Waals surface area contributed by atoms with Gasteiger partial charge in [-0.1, -0.05) is 34.1 Å². The number of hydrogen-bond donors (Lipinski definition) is 1. The number of hydrogen-bond acceptors (Lipinski definition) is 5. The number of para-hydroxylation sites is 1. The summed E-state index contributed by atoms with van der Waals surface area (Å²) in [6.07, 6.45) is 1.40. The quantitative estimate of drug-likeness (QED) is 0.250. The van der Waals surface area contributed by atoms with Gasteiger partial charge in [-0.3, -0.25) is 15.0 Å². The van der Waals surface area contributed by atoms with Crippen LogP contribution < -0.4 is 19.9 Å². The molecule has 0 saturated carbocycles. The molecular formula is C24H17BrN2O5. The first kappa shape index (κ1) is 21.3. The lowest BCUT2D eigenvalue weighted by Gasteiger charge is -2.14. The Kier molecular flexibility index (Phi) is 6.04. The molecular weight excluding hydrogens is 476 g/mol. The highest BCUT2D eigenvalue weighted by molar-refractivity contribution is 9.10. The number of methoxy groups -OCH3 is 1. The van der Waals surface area contributed by atoms with Crippen molar-refractivity contribution in [3.8, 4) is 11.5 Å². The van der Waals surface area contributed by atoms with Crippen LogP contribution >= 0.6 is 15.9 Å². The van der Waals surface area contributed by atoms with E-state index in [1.807, 2.05) is 6.07 Å². The minimum atomic E-state index is -0.581. The monoisotopic (exact) mass is 492 g/mol. The van der Waals surface area contributed by atoms with E-state index < -0.39 is 17.8 Å². The zero-order valence-electron chi connectivity index (χ0n) is 16.9. The fourth-order valence-electron chi connectivity index (χ4n) is 3.08. The Hall–Kier alpha value is -3.91. The van der Waals surface area contributed by atoms with E-state index in [1.165, 1.54) is 18.2 Å². The predicted octanol–water partition coefficient (Wildman–Crippen LogP) is 4.14. The van der Waals surface area contributed by atoms with Crippen molar-refractivity contribution in [3.63, 3.8) is 0 Å². The average Bonchev–Trinajstić information content (AvgIpc) is 3.09. The number of carbonyl (C=O) groups is 3. The number of halogens is 1. The fraction of sp³-hybridized carbons (Fsp3) is 0.0417. The Labute approximate surface area is 192 Å². The van der Waals surface area contributed by atoms with Gasteiger partial charge >= 0.3 is 5.97 Å². The Morgan fingerprint density at radius 1 is 1.00 bits per heavy atom. The summed E-state index contributed by atoms with van der Waals surface area (Å²) in [6.45, 7) is 0. The maximum absolute atomic E-state index is 12.9. The summed E-state index contributed by atoms with van der Waals surface area (Å²) in [6, 6.07) is 20.2. The first-order valence-corrected chi connectivity index (χ1v) is 10.3. The average molecular weight is 493 g/mol. The second-order valence-corrected chi connectivity index (χ2v) is 7.69. The van der Waals surface area contributed by atoms with Gasteiger partial charge in [-0.25, -0.2) is 9.80 Å². The molecule has 1 heterocycles. The van der Waals surface area contributed by atoms with E-state index in [0.717, 1.165) is 0 Å². The number of hydrazine groups is 1. The number of rotatable bonds is 5. The number of carbonyl (C=O) groups excluding carboxylic acids is 3. The van der Waals surface area contributed by atoms with Crippen molar-refractivity contribution in [2.45, 2.75) is 0 Å². The maximum atomic E-state index is 12.9. The molecule has 0 radical (unpaired) electrons. The van der Waals surface area contributed by atoms with Crippen molar-refractivity contribution in [2.75, 3.05) is 12.1 Å². The Morgan fingerprint density at radius 2 is 1.72 bits per heavy atom. The summed E-state index contributed by atoms with van der Waals surface area (Å²) in [5, 5.41) is 1.18. The van der Waals surface area contributed by atoms with E-state index in [1.54, 1.807) is 66.7 Å². The Bertz CT molecular complexity index is 1220. The van der Waals surface area contributed by atoms with Gasteiger partial charge in [0.2, 0.25) is 0 Å². The van der Waals surface area contributed by atoms with Crippen LogP contribution in [0.3, 0.4) is 0 Å². The lowest BCUT2D eigenvalue weighted by atomic mass is 10.1. The number of nitrogens with zero attached hydrogens (tertiary/aromatic N) is 1. The van der Waals surface area contributed by atoms with Crippen LogP contribution in [0.25, 0.3) is 6.08 Å². The number of amides is 2. The molecule has 0 bridgehead atoms. The van der Waals surface area contributed by atoms with E-state index in [0.29, 0.717) is 27.0 Å². The van der Waals surface area contributed by atoms with Crippen LogP contribution in [0.1, 0.15) is 15.9 Å². The molecule has 1 aliphatic rings. The van der Waals surface area contributed by atoms with E-state index in [2.05, 4.69) is 21.4 Å². The number of esters is 1. The second kappa shape index (κ2) is 9.07. The highest BCUT2D eigenvalue weighted by Crippen LogP contribution is 2.29. The molecule has 8 heteroatoms. The van der Waals surface area contributed by atoms with Gasteiger partial charge in [0.05, 0.1) is 18.4 Å². The van der Waals surface area contributed by atoms with Crippen molar-refractivity contribution in [2.24, 2.45) is 0 Å². The molecule has 1 N–H and O–H groups in total. The number of nitrogens with one attached hydrogen (secondary N) is 1.